The molecule has 4 N–H and O–H groups in total. The fourth-order valence-corrected chi connectivity index (χ4v) is 2.38. The third-order valence-corrected chi connectivity index (χ3v) is 3.70. The summed E-state index contributed by atoms with van der Waals surface area (Å²) in [6.45, 7) is 2.33. The predicted octanol–water partition coefficient (Wildman–Crippen LogP) is 1.31. The van der Waals surface area contributed by atoms with Gasteiger partial charge in [0, 0.05) is 30.8 Å². The smallest absolute Gasteiger partial charge is 0.293 e. The first-order valence-corrected chi connectivity index (χ1v) is 8.22. The Labute approximate surface area is 150 Å². The van der Waals surface area contributed by atoms with Gasteiger partial charge in [-0.1, -0.05) is 0 Å². The van der Waals surface area contributed by atoms with Gasteiger partial charge in [-0.05, 0) is 44.1 Å². The maximum Gasteiger partial charge on any atom is 0.293 e. The molecule has 1 amide bonds. The number of benzene rings is 1. The zero-order valence-electron chi connectivity index (χ0n) is 14.0. The molecular weight excluding hydrogens is 346 g/mol. The van der Waals surface area contributed by atoms with Gasteiger partial charge in [0.1, 0.15) is 5.69 Å². The van der Waals surface area contributed by atoms with Gasteiger partial charge in [0.25, 0.3) is 11.6 Å². The number of carbonyl (C=O) groups is 1. The van der Waals surface area contributed by atoms with Crippen molar-refractivity contribution < 1.29 is 14.5 Å². The summed E-state index contributed by atoms with van der Waals surface area (Å²) < 4.78 is 4.97. The van der Waals surface area contributed by atoms with Crippen molar-refractivity contribution in [2.45, 2.75) is 31.8 Å². The minimum Gasteiger partial charge on any atom is -0.383 e. The number of thiocarbonyl (C=S) groups is 1. The molecule has 1 aliphatic rings. The molecule has 0 bridgehead atoms. The average Bonchev–Trinajstić information content (AvgIpc) is 3.37. The van der Waals surface area contributed by atoms with Crippen LogP contribution in [0.3, 0.4) is 0 Å². The molecule has 0 saturated heterocycles. The van der Waals surface area contributed by atoms with Crippen molar-refractivity contribution in [3.63, 3.8) is 0 Å². The third kappa shape index (κ3) is 5.84. The van der Waals surface area contributed by atoms with E-state index in [0.29, 0.717) is 12.3 Å². The summed E-state index contributed by atoms with van der Waals surface area (Å²) in [5, 5.41) is 17.4. The van der Waals surface area contributed by atoms with Crippen LogP contribution in [-0.2, 0) is 4.74 Å². The second kappa shape index (κ2) is 8.58. The molecule has 0 unspecified atom stereocenters. The number of hydrogen-bond acceptors (Lipinski definition) is 6. The predicted molar refractivity (Wildman–Crippen MR) is 97.4 cm³/mol. The number of ether oxygens (including phenoxy) is 1. The van der Waals surface area contributed by atoms with Crippen LogP contribution in [0.15, 0.2) is 18.2 Å². The first kappa shape index (κ1) is 18.9. The molecule has 0 spiro atoms. The fraction of sp³-hybridized carbons (Fsp3) is 0.467. The molecule has 0 aliphatic heterocycles. The standard InChI is InChI=1S/C15H21N5O4S/c1-9(8-24-2)16-15(25)19-18-14(21)10-3-6-12(17-11-4-5-11)13(7-10)20(22)23/h3,6-7,9,11,17H,4-5,8H2,1-2H3,(H,18,21)(H2,16,19,25)/t9-/m0/s1. The number of nitro groups is 1. The fourth-order valence-electron chi connectivity index (χ4n) is 2.13. The molecule has 136 valence electrons. The van der Waals surface area contributed by atoms with Gasteiger partial charge in [-0.2, -0.15) is 0 Å². The monoisotopic (exact) mass is 367 g/mol. The van der Waals surface area contributed by atoms with Gasteiger partial charge < -0.3 is 15.4 Å². The molecule has 1 fully saturated rings. The number of nitro benzene ring substituents is 1. The molecule has 0 radical (unpaired) electrons. The number of hydrogen-bond donors (Lipinski definition) is 4. The van der Waals surface area contributed by atoms with Crippen LogP contribution in [0.5, 0.6) is 0 Å². The molecule has 0 heterocycles. The van der Waals surface area contributed by atoms with Crippen molar-refractivity contribution in [2.75, 3.05) is 19.0 Å². The summed E-state index contributed by atoms with van der Waals surface area (Å²) >= 11 is 5.04. The van der Waals surface area contributed by atoms with E-state index in [1.54, 1.807) is 13.2 Å². The van der Waals surface area contributed by atoms with Gasteiger partial charge in [0.2, 0.25) is 0 Å². The van der Waals surface area contributed by atoms with E-state index < -0.39 is 10.8 Å². The number of anilines is 1. The lowest BCUT2D eigenvalue weighted by Gasteiger charge is -2.16. The average molecular weight is 367 g/mol. The van der Waals surface area contributed by atoms with E-state index in [1.807, 2.05) is 6.92 Å². The van der Waals surface area contributed by atoms with Gasteiger partial charge in [0.15, 0.2) is 5.11 Å². The summed E-state index contributed by atoms with van der Waals surface area (Å²) in [4.78, 5) is 22.9. The molecule has 1 saturated carbocycles. The van der Waals surface area contributed by atoms with Crippen molar-refractivity contribution in [1.82, 2.24) is 16.2 Å². The zero-order valence-corrected chi connectivity index (χ0v) is 14.8. The third-order valence-electron chi connectivity index (χ3n) is 3.48. The Morgan fingerprint density at radius 2 is 2.16 bits per heavy atom. The van der Waals surface area contributed by atoms with Crippen molar-refractivity contribution in [3.8, 4) is 0 Å². The van der Waals surface area contributed by atoms with Crippen LogP contribution in [0.4, 0.5) is 11.4 Å². The minimum absolute atomic E-state index is 0.0317. The summed E-state index contributed by atoms with van der Waals surface area (Å²) in [5.74, 6) is -0.524. The molecule has 9 nitrogen and oxygen atoms in total. The van der Waals surface area contributed by atoms with Gasteiger partial charge in [0.05, 0.1) is 11.5 Å². The van der Waals surface area contributed by atoms with E-state index in [0.717, 1.165) is 12.8 Å². The number of nitrogens with zero attached hydrogens (tertiary/aromatic N) is 1. The van der Waals surface area contributed by atoms with Crippen molar-refractivity contribution in [3.05, 3.63) is 33.9 Å². The maximum atomic E-state index is 12.2. The van der Waals surface area contributed by atoms with E-state index >= 15 is 0 Å². The molecule has 1 aromatic carbocycles. The molecule has 10 heteroatoms. The Morgan fingerprint density at radius 1 is 1.44 bits per heavy atom. The Bertz CT molecular complexity index is 665. The largest absolute Gasteiger partial charge is 0.383 e. The number of carbonyl (C=O) groups excluding carboxylic acids is 1. The molecule has 1 atom stereocenters. The molecule has 25 heavy (non-hydrogen) atoms. The van der Waals surface area contributed by atoms with Crippen LogP contribution >= 0.6 is 12.2 Å². The Hall–Kier alpha value is -2.46. The number of rotatable bonds is 7. The van der Waals surface area contributed by atoms with Crippen LogP contribution in [0.25, 0.3) is 0 Å². The SMILES string of the molecule is COC[C@H](C)NC(=S)NNC(=O)c1ccc(NC2CC2)c([N+](=O)[O-])c1. The lowest BCUT2D eigenvalue weighted by molar-refractivity contribution is -0.384. The van der Waals surface area contributed by atoms with Crippen molar-refractivity contribution in [2.24, 2.45) is 0 Å². The molecule has 0 aromatic heterocycles. The molecule has 1 aliphatic carbocycles. The lowest BCUT2D eigenvalue weighted by atomic mass is 10.1. The summed E-state index contributed by atoms with van der Waals surface area (Å²) in [6.07, 6.45) is 1.99. The van der Waals surface area contributed by atoms with Crippen LogP contribution in [-0.4, -0.2) is 41.7 Å². The van der Waals surface area contributed by atoms with Gasteiger partial charge >= 0.3 is 0 Å². The summed E-state index contributed by atoms with van der Waals surface area (Å²) in [6, 6.07) is 4.56. The highest BCUT2D eigenvalue weighted by atomic mass is 32.1. The zero-order chi connectivity index (χ0) is 18.4. The number of nitrogens with one attached hydrogen (secondary N) is 4. The topological polar surface area (TPSA) is 118 Å². The van der Waals surface area contributed by atoms with E-state index in [2.05, 4.69) is 21.5 Å². The van der Waals surface area contributed by atoms with E-state index in [9.17, 15) is 14.9 Å². The number of amides is 1. The van der Waals surface area contributed by atoms with Crippen LogP contribution in [0.1, 0.15) is 30.1 Å². The molecular formula is C15H21N5O4S. The van der Waals surface area contributed by atoms with Gasteiger partial charge in [-0.15, -0.1) is 0 Å². The Kier molecular flexibility index (Phi) is 6.48. The first-order valence-electron chi connectivity index (χ1n) is 7.81. The maximum absolute atomic E-state index is 12.2. The molecule has 2 rings (SSSR count). The van der Waals surface area contributed by atoms with Gasteiger partial charge in [-0.25, -0.2) is 0 Å². The van der Waals surface area contributed by atoms with E-state index in [1.165, 1.54) is 12.1 Å². The first-order chi connectivity index (χ1) is 11.9. The highest BCUT2D eigenvalue weighted by molar-refractivity contribution is 7.80. The lowest BCUT2D eigenvalue weighted by Crippen LogP contribution is -2.49. The van der Waals surface area contributed by atoms with Crippen molar-refractivity contribution in [1.29, 1.82) is 0 Å². The van der Waals surface area contributed by atoms with E-state index in [4.69, 9.17) is 17.0 Å². The summed E-state index contributed by atoms with van der Waals surface area (Å²) in [7, 11) is 1.57. The Morgan fingerprint density at radius 3 is 2.76 bits per heavy atom. The minimum atomic E-state index is -0.524. The molecule has 1 aromatic rings. The normalized spacial score (nSPS) is 14.3. The van der Waals surface area contributed by atoms with Gasteiger partial charge in [-0.3, -0.25) is 25.8 Å². The number of methoxy groups -OCH3 is 1. The quantitative estimate of drug-likeness (QED) is 0.324. The van der Waals surface area contributed by atoms with E-state index in [-0.39, 0.29) is 28.4 Å². The second-order valence-corrected chi connectivity index (χ2v) is 6.22. The van der Waals surface area contributed by atoms with Crippen LogP contribution < -0.4 is 21.5 Å². The highest BCUT2D eigenvalue weighted by Crippen LogP contribution is 2.31. The summed E-state index contributed by atoms with van der Waals surface area (Å²) in [5.41, 5.74) is 5.41. The highest BCUT2D eigenvalue weighted by Gasteiger charge is 2.25. The van der Waals surface area contributed by atoms with Crippen LogP contribution in [0.2, 0.25) is 0 Å². The Balaban J connectivity index is 1.95. The van der Waals surface area contributed by atoms with Crippen LogP contribution in [0, 0.1) is 10.1 Å². The number of hydrazine groups is 1. The van der Waals surface area contributed by atoms with Crippen molar-refractivity contribution >= 4 is 34.6 Å². The second-order valence-electron chi connectivity index (χ2n) is 5.82.